The molecule has 0 spiro atoms. The Bertz CT molecular complexity index is 1370. The molecule has 11 nitrogen and oxygen atoms in total. The fourth-order valence-electron chi connectivity index (χ4n) is 8.13. The van der Waals surface area contributed by atoms with E-state index in [1.165, 1.54) is 12.4 Å². The van der Waals surface area contributed by atoms with Gasteiger partial charge in [0.05, 0.1) is 29.2 Å². The molecule has 4 atom stereocenters. The van der Waals surface area contributed by atoms with Crippen molar-refractivity contribution in [3.8, 4) is 0 Å². The van der Waals surface area contributed by atoms with Gasteiger partial charge in [-0.05, 0) is 84.0 Å². The van der Waals surface area contributed by atoms with E-state index in [0.29, 0.717) is 44.3 Å². The molecule has 4 aliphatic rings. The second kappa shape index (κ2) is 10.4. The van der Waals surface area contributed by atoms with E-state index in [4.69, 9.17) is 0 Å². The van der Waals surface area contributed by atoms with E-state index in [1.807, 2.05) is 6.92 Å². The van der Waals surface area contributed by atoms with Crippen molar-refractivity contribution in [1.29, 1.82) is 0 Å². The number of carboxylic acid groups (broad SMARTS) is 1. The molecule has 4 N–H and O–H groups in total. The number of hydrogen-bond donors (Lipinski definition) is 4. The van der Waals surface area contributed by atoms with Crippen LogP contribution >= 0.6 is 0 Å². The van der Waals surface area contributed by atoms with Crippen LogP contribution in [0.2, 0.25) is 0 Å². The molecule has 2 aromatic rings. The molecule has 4 fully saturated rings. The van der Waals surface area contributed by atoms with E-state index < -0.39 is 16.9 Å². The van der Waals surface area contributed by atoms with Crippen molar-refractivity contribution < 1.29 is 19.5 Å². The number of carboxylic acids is 1. The minimum Gasteiger partial charge on any atom is -0.481 e. The number of hydrogen-bond acceptors (Lipinski definition) is 8. The lowest BCUT2D eigenvalue weighted by molar-refractivity contribution is -0.150. The molecule has 11 heteroatoms. The Balaban J connectivity index is 1.04. The molecule has 0 aliphatic heterocycles. The largest absolute Gasteiger partial charge is 0.481 e. The number of amides is 2. The molecule has 4 aliphatic carbocycles. The Morgan fingerprint density at radius 3 is 2.10 bits per heavy atom. The van der Waals surface area contributed by atoms with Gasteiger partial charge in [-0.1, -0.05) is 0 Å². The smallest absolute Gasteiger partial charge is 0.309 e. The summed E-state index contributed by atoms with van der Waals surface area (Å²) in [6.07, 6.45) is 16.9. The van der Waals surface area contributed by atoms with Gasteiger partial charge in [-0.3, -0.25) is 24.4 Å². The summed E-state index contributed by atoms with van der Waals surface area (Å²) >= 11 is 0. The summed E-state index contributed by atoms with van der Waals surface area (Å²) in [6.45, 7) is 2.52. The summed E-state index contributed by atoms with van der Waals surface area (Å²) in [6, 6.07) is 0. The number of fused-ring (bicyclic) bond motifs is 4. The van der Waals surface area contributed by atoms with E-state index in [1.54, 1.807) is 12.4 Å². The van der Waals surface area contributed by atoms with Gasteiger partial charge < -0.3 is 21.1 Å². The summed E-state index contributed by atoms with van der Waals surface area (Å²) < 4.78 is 0. The average Bonchev–Trinajstić information content (AvgIpc) is 3.37. The van der Waals surface area contributed by atoms with Crippen LogP contribution in [0.25, 0.3) is 0 Å². The highest BCUT2D eigenvalue weighted by Crippen LogP contribution is 2.54. The minimum atomic E-state index is -0.748. The number of nitrogens with one attached hydrogen (secondary N) is 3. The lowest BCUT2D eigenvalue weighted by atomic mass is 9.73. The number of rotatable bonds is 9. The first-order valence-electron chi connectivity index (χ1n) is 14.9. The zero-order chi connectivity index (χ0) is 28.7. The van der Waals surface area contributed by atoms with Gasteiger partial charge in [0.2, 0.25) is 0 Å². The molecule has 0 radical (unpaired) electrons. The van der Waals surface area contributed by atoms with Gasteiger partial charge in [0, 0.05) is 42.0 Å². The summed E-state index contributed by atoms with van der Waals surface area (Å²) in [7, 11) is 0. The Morgan fingerprint density at radius 2 is 1.37 bits per heavy atom. The lowest BCUT2D eigenvalue weighted by Crippen LogP contribution is -2.54. The van der Waals surface area contributed by atoms with Crippen molar-refractivity contribution in [2.24, 2.45) is 5.41 Å². The van der Waals surface area contributed by atoms with Gasteiger partial charge in [-0.2, -0.15) is 0 Å². The quantitative estimate of drug-likeness (QED) is 0.361. The maximum atomic E-state index is 13.2. The topological polar surface area (TPSA) is 159 Å². The van der Waals surface area contributed by atoms with Crippen LogP contribution < -0.4 is 16.0 Å². The van der Waals surface area contributed by atoms with Gasteiger partial charge in [-0.15, -0.1) is 0 Å². The second-order valence-electron chi connectivity index (χ2n) is 13.0. The van der Waals surface area contributed by atoms with Crippen molar-refractivity contribution >= 4 is 17.8 Å². The molecule has 0 saturated heterocycles. The molecule has 2 aromatic heterocycles. The Kier molecular flexibility index (Phi) is 7.04. The molecule has 218 valence electrons. The van der Waals surface area contributed by atoms with Crippen LogP contribution in [0.5, 0.6) is 0 Å². The maximum Gasteiger partial charge on any atom is 0.309 e. The van der Waals surface area contributed by atoms with Crippen LogP contribution in [-0.4, -0.2) is 66.0 Å². The first-order chi connectivity index (χ1) is 19.6. The highest BCUT2D eigenvalue weighted by atomic mass is 16.4. The molecular formula is C30H39N7O4. The number of aromatic nitrogens is 4. The molecule has 4 unspecified atom stereocenters. The Morgan fingerprint density at radius 1 is 0.756 bits per heavy atom. The fourth-order valence-corrected chi connectivity index (χ4v) is 8.13. The Hall–Kier alpha value is -3.47. The van der Waals surface area contributed by atoms with Gasteiger partial charge in [0.1, 0.15) is 11.4 Å². The SMILES string of the molecule is Cc1cncc(C(=O)NC23CCCC(NCCc4cncc(C(=O)NC56CCCC(C(=O)O)(CC5)C6)n4)(CC2)C3)n1. The summed E-state index contributed by atoms with van der Waals surface area (Å²) in [4.78, 5) is 55.4. The molecule has 0 aromatic carbocycles. The van der Waals surface area contributed by atoms with Gasteiger partial charge in [0.25, 0.3) is 11.8 Å². The summed E-state index contributed by atoms with van der Waals surface area (Å²) in [5, 5.41) is 20.0. The van der Waals surface area contributed by atoms with Crippen LogP contribution in [0.3, 0.4) is 0 Å². The molecular weight excluding hydrogens is 522 g/mol. The number of aryl methyl sites for hydroxylation is 1. The van der Waals surface area contributed by atoms with E-state index in [2.05, 4.69) is 35.9 Å². The van der Waals surface area contributed by atoms with E-state index in [-0.39, 0.29) is 28.6 Å². The van der Waals surface area contributed by atoms with Crippen molar-refractivity contribution in [1.82, 2.24) is 35.9 Å². The van der Waals surface area contributed by atoms with Crippen LogP contribution in [0.15, 0.2) is 24.8 Å². The third kappa shape index (κ3) is 5.43. The van der Waals surface area contributed by atoms with Crippen LogP contribution in [0, 0.1) is 12.3 Å². The average molecular weight is 562 g/mol. The van der Waals surface area contributed by atoms with Gasteiger partial charge in [-0.25, -0.2) is 9.97 Å². The van der Waals surface area contributed by atoms with Gasteiger partial charge in [0.15, 0.2) is 0 Å². The molecule has 2 heterocycles. The molecule has 41 heavy (non-hydrogen) atoms. The van der Waals surface area contributed by atoms with E-state index in [0.717, 1.165) is 62.8 Å². The zero-order valence-corrected chi connectivity index (χ0v) is 23.7. The predicted octanol–water partition coefficient (Wildman–Crippen LogP) is 2.89. The van der Waals surface area contributed by atoms with E-state index in [9.17, 15) is 19.5 Å². The standard InChI is InChI=1S/C30H39N7O4/c1-20-14-31-16-22(34-20)24(38)37-30-8-3-6-28(19-30,11-12-30)33-13-4-21-15-32-17-23(35-21)25(39)36-29-7-2-5-27(18-29,9-10-29)26(40)41/h14-17,33H,2-13,18-19H2,1H3,(H,36,39)(H,37,38)(H,40,41). The first-order valence-corrected chi connectivity index (χ1v) is 14.9. The number of carbonyl (C=O) groups is 3. The third-order valence-electron chi connectivity index (χ3n) is 10.1. The summed E-state index contributed by atoms with van der Waals surface area (Å²) in [5.41, 5.74) is 0.637. The molecule has 4 saturated carbocycles. The number of aliphatic carboxylic acids is 1. The number of carbonyl (C=O) groups excluding carboxylic acids is 2. The van der Waals surface area contributed by atoms with Crippen molar-refractivity contribution in [3.05, 3.63) is 47.6 Å². The highest BCUT2D eigenvalue weighted by Gasteiger charge is 2.56. The van der Waals surface area contributed by atoms with Crippen LogP contribution in [0.1, 0.15) is 109 Å². The highest BCUT2D eigenvalue weighted by molar-refractivity contribution is 5.93. The minimum absolute atomic E-state index is 0.0362. The monoisotopic (exact) mass is 561 g/mol. The van der Waals surface area contributed by atoms with E-state index >= 15 is 0 Å². The zero-order valence-electron chi connectivity index (χ0n) is 23.7. The maximum absolute atomic E-state index is 13.2. The lowest BCUT2D eigenvalue weighted by Gasteiger charge is -2.40. The predicted molar refractivity (Wildman–Crippen MR) is 149 cm³/mol. The van der Waals surface area contributed by atoms with Gasteiger partial charge >= 0.3 is 5.97 Å². The molecule has 2 amide bonds. The fraction of sp³-hybridized carbons (Fsp3) is 0.633. The summed E-state index contributed by atoms with van der Waals surface area (Å²) in [5.74, 6) is -1.19. The first kappa shape index (κ1) is 27.7. The normalized spacial score (nSPS) is 31.9. The number of nitrogens with zero attached hydrogens (tertiary/aromatic N) is 4. The van der Waals surface area contributed by atoms with Crippen molar-refractivity contribution in [2.75, 3.05) is 6.54 Å². The van der Waals surface area contributed by atoms with Crippen LogP contribution in [0.4, 0.5) is 0 Å². The van der Waals surface area contributed by atoms with Crippen molar-refractivity contribution in [3.63, 3.8) is 0 Å². The molecule has 6 rings (SSSR count). The Labute approximate surface area is 239 Å². The molecule has 4 bridgehead atoms. The third-order valence-corrected chi connectivity index (χ3v) is 10.1. The van der Waals surface area contributed by atoms with Crippen LogP contribution in [-0.2, 0) is 11.2 Å². The second-order valence-corrected chi connectivity index (χ2v) is 13.0. The van der Waals surface area contributed by atoms with Crippen molar-refractivity contribution in [2.45, 2.75) is 107 Å².